The number of phenols is 1. The molecule has 0 spiro atoms. The predicted octanol–water partition coefficient (Wildman–Crippen LogP) is 3.38. The van der Waals surface area contributed by atoms with Gasteiger partial charge in [0.15, 0.2) is 5.82 Å². The summed E-state index contributed by atoms with van der Waals surface area (Å²) < 4.78 is 0. The number of nitrogens with zero attached hydrogens (tertiary/aromatic N) is 2. The van der Waals surface area contributed by atoms with Gasteiger partial charge in [-0.05, 0) is 49.9 Å². The van der Waals surface area contributed by atoms with Gasteiger partial charge in [-0.2, -0.15) is 0 Å². The van der Waals surface area contributed by atoms with E-state index < -0.39 is 0 Å². The third kappa shape index (κ3) is 2.06. The van der Waals surface area contributed by atoms with E-state index in [1.807, 2.05) is 0 Å². The molecule has 0 fully saturated rings. The van der Waals surface area contributed by atoms with Crippen LogP contribution in [0.3, 0.4) is 0 Å². The Morgan fingerprint density at radius 3 is 2.50 bits per heavy atom. The zero-order valence-corrected chi connectivity index (χ0v) is 10.6. The molecule has 1 aromatic heterocycles. The first kappa shape index (κ1) is 11.5. The van der Waals surface area contributed by atoms with E-state index in [-0.39, 0.29) is 5.75 Å². The molecular weight excluding hydrogens is 248 g/mol. The van der Waals surface area contributed by atoms with Crippen molar-refractivity contribution in [1.82, 2.24) is 9.97 Å². The van der Waals surface area contributed by atoms with Gasteiger partial charge >= 0.3 is 0 Å². The molecule has 0 atom stereocenters. The topological polar surface area (TPSA) is 46.0 Å². The molecule has 0 amide bonds. The molecule has 1 aromatic carbocycles. The minimum Gasteiger partial charge on any atom is -0.508 e. The number of halogens is 1. The van der Waals surface area contributed by atoms with Crippen molar-refractivity contribution >= 4 is 11.6 Å². The maximum atomic E-state index is 9.28. The second-order valence-corrected chi connectivity index (χ2v) is 4.88. The highest BCUT2D eigenvalue weighted by molar-refractivity contribution is 6.30. The Morgan fingerprint density at radius 2 is 1.72 bits per heavy atom. The Hall–Kier alpha value is -1.61. The van der Waals surface area contributed by atoms with Crippen LogP contribution >= 0.6 is 11.6 Å². The second kappa shape index (κ2) is 4.58. The van der Waals surface area contributed by atoms with Gasteiger partial charge in [0.1, 0.15) is 10.9 Å². The summed E-state index contributed by atoms with van der Waals surface area (Å²) in [7, 11) is 0. The third-order valence-corrected chi connectivity index (χ3v) is 3.57. The first-order chi connectivity index (χ1) is 8.74. The summed E-state index contributed by atoms with van der Waals surface area (Å²) in [5.74, 6) is 0.878. The van der Waals surface area contributed by atoms with Crippen LogP contribution in [0.2, 0.25) is 5.15 Å². The molecule has 2 aromatic rings. The molecule has 0 radical (unpaired) electrons. The van der Waals surface area contributed by atoms with Gasteiger partial charge < -0.3 is 5.11 Å². The lowest BCUT2D eigenvalue weighted by molar-refractivity contribution is 0.475. The minimum absolute atomic E-state index is 0.239. The quantitative estimate of drug-likeness (QED) is 0.800. The summed E-state index contributed by atoms with van der Waals surface area (Å²) in [4.78, 5) is 8.96. The Labute approximate surface area is 110 Å². The maximum Gasteiger partial charge on any atom is 0.161 e. The molecule has 18 heavy (non-hydrogen) atoms. The first-order valence-electron chi connectivity index (χ1n) is 6.09. The van der Waals surface area contributed by atoms with Crippen LogP contribution in [-0.2, 0) is 12.8 Å². The molecule has 0 bridgehead atoms. The van der Waals surface area contributed by atoms with Crippen LogP contribution in [0, 0.1) is 0 Å². The largest absolute Gasteiger partial charge is 0.508 e. The van der Waals surface area contributed by atoms with E-state index in [1.54, 1.807) is 24.3 Å². The number of benzene rings is 1. The average molecular weight is 261 g/mol. The number of aromatic nitrogens is 2. The van der Waals surface area contributed by atoms with Crippen LogP contribution in [-0.4, -0.2) is 15.1 Å². The molecule has 3 nitrogen and oxygen atoms in total. The van der Waals surface area contributed by atoms with Gasteiger partial charge in [-0.3, -0.25) is 0 Å². The number of aromatic hydroxyl groups is 1. The molecule has 1 aliphatic carbocycles. The molecule has 1 N–H and O–H groups in total. The van der Waals surface area contributed by atoms with Gasteiger partial charge in [0.25, 0.3) is 0 Å². The normalized spacial score (nSPS) is 14.3. The summed E-state index contributed by atoms with van der Waals surface area (Å²) in [6.07, 6.45) is 4.27. The maximum absolute atomic E-state index is 9.28. The number of fused-ring (bicyclic) bond motifs is 1. The highest BCUT2D eigenvalue weighted by Crippen LogP contribution is 2.28. The van der Waals surface area contributed by atoms with Crippen LogP contribution in [0.15, 0.2) is 24.3 Å². The van der Waals surface area contributed by atoms with Crippen LogP contribution in [0.1, 0.15) is 24.1 Å². The molecule has 1 aliphatic rings. The number of hydrogen-bond donors (Lipinski definition) is 1. The second-order valence-electron chi connectivity index (χ2n) is 4.52. The van der Waals surface area contributed by atoms with Crippen LogP contribution in [0.4, 0.5) is 0 Å². The third-order valence-electron chi connectivity index (χ3n) is 3.26. The Bertz CT molecular complexity index is 581. The number of hydrogen-bond acceptors (Lipinski definition) is 3. The summed E-state index contributed by atoms with van der Waals surface area (Å²) in [5, 5.41) is 9.86. The van der Waals surface area contributed by atoms with E-state index in [2.05, 4.69) is 9.97 Å². The van der Waals surface area contributed by atoms with E-state index in [9.17, 15) is 5.11 Å². The fraction of sp³-hybridized carbons (Fsp3) is 0.286. The molecule has 0 saturated carbocycles. The van der Waals surface area contributed by atoms with Gasteiger partial charge in [0, 0.05) is 16.8 Å². The minimum atomic E-state index is 0.239. The molecular formula is C14H13ClN2O. The van der Waals surface area contributed by atoms with E-state index >= 15 is 0 Å². The Balaban J connectivity index is 2.08. The van der Waals surface area contributed by atoms with Crippen molar-refractivity contribution in [1.29, 1.82) is 0 Å². The standard InChI is InChI=1S/C14H13ClN2O/c15-13-11-3-1-2-4-12(11)16-14(17-13)9-5-7-10(18)8-6-9/h5-8,18H,1-4H2. The summed E-state index contributed by atoms with van der Waals surface area (Å²) in [6, 6.07) is 6.87. The molecule has 0 saturated heterocycles. The fourth-order valence-electron chi connectivity index (χ4n) is 2.29. The van der Waals surface area contributed by atoms with Crippen molar-refractivity contribution in [3.05, 3.63) is 40.7 Å². The van der Waals surface area contributed by atoms with E-state index in [0.29, 0.717) is 11.0 Å². The summed E-state index contributed by atoms with van der Waals surface area (Å²) >= 11 is 6.23. The summed E-state index contributed by atoms with van der Waals surface area (Å²) in [6.45, 7) is 0. The van der Waals surface area contributed by atoms with Crippen LogP contribution in [0.25, 0.3) is 11.4 Å². The molecule has 0 unspecified atom stereocenters. The Kier molecular flexibility index (Phi) is 2.92. The van der Waals surface area contributed by atoms with Crippen molar-refractivity contribution in [2.75, 3.05) is 0 Å². The summed E-state index contributed by atoms with van der Waals surface area (Å²) in [5.41, 5.74) is 3.05. The highest BCUT2D eigenvalue weighted by Gasteiger charge is 2.17. The molecule has 3 rings (SSSR count). The van der Waals surface area contributed by atoms with Gasteiger partial charge in [-0.1, -0.05) is 11.6 Å². The lowest BCUT2D eigenvalue weighted by Gasteiger charge is -2.16. The van der Waals surface area contributed by atoms with E-state index in [4.69, 9.17) is 11.6 Å². The molecule has 4 heteroatoms. The van der Waals surface area contributed by atoms with Crippen LogP contribution in [0.5, 0.6) is 5.75 Å². The SMILES string of the molecule is Oc1ccc(-c2nc(Cl)c3c(n2)CCCC3)cc1. The van der Waals surface area contributed by atoms with E-state index in [0.717, 1.165) is 42.5 Å². The zero-order valence-electron chi connectivity index (χ0n) is 9.86. The van der Waals surface area contributed by atoms with Gasteiger partial charge in [0.2, 0.25) is 0 Å². The number of rotatable bonds is 1. The number of phenolic OH excluding ortho intramolecular Hbond substituents is 1. The molecule has 0 aliphatic heterocycles. The van der Waals surface area contributed by atoms with Gasteiger partial charge in [0.05, 0.1) is 0 Å². The van der Waals surface area contributed by atoms with Crippen molar-refractivity contribution in [2.24, 2.45) is 0 Å². The van der Waals surface area contributed by atoms with Crippen molar-refractivity contribution in [3.8, 4) is 17.1 Å². The first-order valence-corrected chi connectivity index (χ1v) is 6.46. The molecule has 1 heterocycles. The van der Waals surface area contributed by atoms with Gasteiger partial charge in [-0.15, -0.1) is 0 Å². The molecule has 92 valence electrons. The fourth-order valence-corrected chi connectivity index (χ4v) is 2.57. The highest BCUT2D eigenvalue weighted by atomic mass is 35.5. The van der Waals surface area contributed by atoms with Crippen molar-refractivity contribution in [3.63, 3.8) is 0 Å². The zero-order chi connectivity index (χ0) is 12.5. The average Bonchev–Trinajstić information content (AvgIpc) is 2.39. The lowest BCUT2D eigenvalue weighted by atomic mass is 9.97. The van der Waals surface area contributed by atoms with Crippen LogP contribution < -0.4 is 0 Å². The van der Waals surface area contributed by atoms with Crippen molar-refractivity contribution < 1.29 is 5.11 Å². The predicted molar refractivity (Wildman–Crippen MR) is 70.8 cm³/mol. The van der Waals surface area contributed by atoms with Crippen molar-refractivity contribution in [2.45, 2.75) is 25.7 Å². The van der Waals surface area contributed by atoms with Gasteiger partial charge in [-0.25, -0.2) is 9.97 Å². The number of aryl methyl sites for hydroxylation is 1. The van der Waals surface area contributed by atoms with E-state index in [1.165, 1.54) is 0 Å². The Morgan fingerprint density at radius 1 is 1.00 bits per heavy atom. The monoisotopic (exact) mass is 260 g/mol. The lowest BCUT2D eigenvalue weighted by Crippen LogP contribution is -2.08. The smallest absolute Gasteiger partial charge is 0.161 e.